The van der Waals surface area contributed by atoms with Gasteiger partial charge in [-0.15, -0.1) is 10.2 Å². The number of halogens is 1. The summed E-state index contributed by atoms with van der Waals surface area (Å²) in [6.45, 7) is 2.22. The molecule has 0 bridgehead atoms. The molecule has 128 valence electrons. The lowest BCUT2D eigenvalue weighted by molar-refractivity contribution is -0.128. The molecule has 1 aromatic heterocycles. The molecular formula is C18H22ClN3O2. The number of nitrogens with one attached hydrogen (secondary N) is 1. The number of hydrogen-bond acceptors (Lipinski definition) is 4. The summed E-state index contributed by atoms with van der Waals surface area (Å²) in [5.41, 5.74) is 0.542. The van der Waals surface area contributed by atoms with Gasteiger partial charge in [0.2, 0.25) is 17.7 Å². The van der Waals surface area contributed by atoms with E-state index in [9.17, 15) is 4.79 Å². The summed E-state index contributed by atoms with van der Waals surface area (Å²) < 4.78 is 5.47. The molecule has 0 saturated heterocycles. The van der Waals surface area contributed by atoms with Crippen LogP contribution in [-0.2, 0) is 23.2 Å². The Morgan fingerprint density at radius 1 is 1.17 bits per heavy atom. The molecule has 3 rings (SSSR count). The van der Waals surface area contributed by atoms with Gasteiger partial charge in [0.15, 0.2) is 0 Å². The lowest BCUT2D eigenvalue weighted by Gasteiger charge is -2.36. The van der Waals surface area contributed by atoms with Crippen LogP contribution in [0.3, 0.4) is 0 Å². The normalized spacial score (nSPS) is 16.8. The molecule has 24 heavy (non-hydrogen) atoms. The lowest BCUT2D eigenvalue weighted by atomic mass is 9.68. The molecule has 0 spiro atoms. The van der Waals surface area contributed by atoms with Crippen LogP contribution in [0.4, 0.5) is 0 Å². The first-order chi connectivity index (χ1) is 11.6. The van der Waals surface area contributed by atoms with Crippen molar-refractivity contribution in [2.24, 2.45) is 0 Å². The zero-order chi connectivity index (χ0) is 17.0. The second-order valence-corrected chi connectivity index (χ2v) is 6.71. The van der Waals surface area contributed by atoms with Crippen molar-refractivity contribution in [1.82, 2.24) is 15.5 Å². The van der Waals surface area contributed by atoms with Crippen molar-refractivity contribution in [3.8, 4) is 0 Å². The monoisotopic (exact) mass is 347 g/mol. The zero-order valence-corrected chi connectivity index (χ0v) is 14.6. The highest BCUT2D eigenvalue weighted by Crippen LogP contribution is 2.40. The van der Waals surface area contributed by atoms with Crippen molar-refractivity contribution in [1.29, 1.82) is 0 Å². The van der Waals surface area contributed by atoms with Crippen LogP contribution in [0.2, 0.25) is 5.02 Å². The minimum atomic E-state index is -0.490. The van der Waals surface area contributed by atoms with Crippen LogP contribution in [0.5, 0.6) is 0 Å². The molecule has 1 heterocycles. The Labute approximate surface area is 146 Å². The summed E-state index contributed by atoms with van der Waals surface area (Å²) in [4.78, 5) is 13.0. The van der Waals surface area contributed by atoms with E-state index in [4.69, 9.17) is 16.0 Å². The van der Waals surface area contributed by atoms with E-state index in [1.54, 1.807) is 0 Å². The van der Waals surface area contributed by atoms with Gasteiger partial charge in [0.1, 0.15) is 0 Å². The predicted octanol–water partition coefficient (Wildman–Crippen LogP) is 3.80. The zero-order valence-electron chi connectivity index (χ0n) is 13.8. The van der Waals surface area contributed by atoms with Gasteiger partial charge in [-0.25, -0.2) is 0 Å². The number of carbonyl (C=O) groups excluding carboxylic acids is 1. The van der Waals surface area contributed by atoms with Gasteiger partial charge in [-0.05, 0) is 30.5 Å². The maximum absolute atomic E-state index is 13.0. The van der Waals surface area contributed by atoms with Crippen LogP contribution in [0.25, 0.3) is 0 Å². The van der Waals surface area contributed by atoms with E-state index in [0.717, 1.165) is 31.2 Å². The highest BCUT2D eigenvalue weighted by atomic mass is 35.5. The summed E-state index contributed by atoms with van der Waals surface area (Å²) >= 11 is 6.00. The fourth-order valence-electron chi connectivity index (χ4n) is 3.40. The highest BCUT2D eigenvalue weighted by molar-refractivity contribution is 6.30. The number of hydrogen-bond donors (Lipinski definition) is 1. The van der Waals surface area contributed by atoms with E-state index in [1.807, 2.05) is 31.2 Å². The van der Waals surface area contributed by atoms with Gasteiger partial charge < -0.3 is 9.73 Å². The van der Waals surface area contributed by atoms with Gasteiger partial charge in [-0.3, -0.25) is 4.79 Å². The Hall–Kier alpha value is -1.88. The molecule has 1 aromatic carbocycles. The van der Waals surface area contributed by atoms with Crippen molar-refractivity contribution < 1.29 is 9.21 Å². The third-order valence-corrected chi connectivity index (χ3v) is 5.00. The van der Waals surface area contributed by atoms with Crippen LogP contribution in [0, 0.1) is 0 Å². The number of aryl methyl sites for hydroxylation is 1. The van der Waals surface area contributed by atoms with Crippen molar-refractivity contribution in [3.05, 3.63) is 46.6 Å². The summed E-state index contributed by atoms with van der Waals surface area (Å²) in [6, 6.07) is 7.64. The molecule has 1 fully saturated rings. The topological polar surface area (TPSA) is 68.0 Å². The molecule has 1 saturated carbocycles. The number of benzene rings is 1. The van der Waals surface area contributed by atoms with Crippen molar-refractivity contribution in [2.75, 3.05) is 0 Å². The molecular weight excluding hydrogens is 326 g/mol. The molecule has 1 aliphatic carbocycles. The molecule has 0 atom stereocenters. The van der Waals surface area contributed by atoms with Gasteiger partial charge >= 0.3 is 0 Å². The van der Waals surface area contributed by atoms with Gasteiger partial charge in [0, 0.05) is 11.4 Å². The average Bonchev–Trinajstić information content (AvgIpc) is 3.09. The third-order valence-electron chi connectivity index (χ3n) is 4.75. The van der Waals surface area contributed by atoms with Crippen molar-refractivity contribution >= 4 is 17.5 Å². The SMILES string of the molecule is CCc1nnc(CNC(=O)C2(c3ccc(Cl)cc3)CCCCC2)o1. The first-order valence-corrected chi connectivity index (χ1v) is 8.87. The molecule has 0 radical (unpaired) electrons. The molecule has 6 heteroatoms. The van der Waals surface area contributed by atoms with Crippen LogP contribution >= 0.6 is 11.6 Å². The number of rotatable bonds is 5. The Morgan fingerprint density at radius 2 is 1.83 bits per heavy atom. The fraction of sp³-hybridized carbons (Fsp3) is 0.500. The van der Waals surface area contributed by atoms with Gasteiger partial charge in [0.05, 0.1) is 12.0 Å². The van der Waals surface area contributed by atoms with Crippen molar-refractivity contribution in [3.63, 3.8) is 0 Å². The van der Waals surface area contributed by atoms with E-state index in [1.165, 1.54) is 6.42 Å². The van der Waals surface area contributed by atoms with Crippen LogP contribution < -0.4 is 5.32 Å². The minimum absolute atomic E-state index is 0.0285. The lowest BCUT2D eigenvalue weighted by Crippen LogP contribution is -2.45. The van der Waals surface area contributed by atoms with E-state index >= 15 is 0 Å². The molecule has 1 amide bonds. The van der Waals surface area contributed by atoms with Crippen molar-refractivity contribution in [2.45, 2.75) is 57.4 Å². The Bertz CT molecular complexity index is 691. The van der Waals surface area contributed by atoms with Gasteiger partial charge in [0.25, 0.3) is 0 Å². The maximum atomic E-state index is 13.0. The molecule has 1 aliphatic rings. The van der Waals surface area contributed by atoms with Gasteiger partial charge in [-0.2, -0.15) is 0 Å². The maximum Gasteiger partial charge on any atom is 0.235 e. The van der Waals surface area contributed by atoms with E-state index < -0.39 is 5.41 Å². The summed E-state index contributed by atoms with van der Waals surface area (Å²) in [5.74, 6) is 1.06. The Morgan fingerprint density at radius 3 is 2.46 bits per heavy atom. The molecule has 0 aliphatic heterocycles. The van der Waals surface area contributed by atoms with Crippen LogP contribution in [0.1, 0.15) is 56.4 Å². The second-order valence-electron chi connectivity index (χ2n) is 6.28. The first-order valence-electron chi connectivity index (χ1n) is 8.49. The van der Waals surface area contributed by atoms with E-state index in [2.05, 4.69) is 15.5 Å². The standard InChI is InChI=1S/C18H22ClN3O2/c1-2-15-21-22-16(24-15)12-20-17(23)18(10-4-3-5-11-18)13-6-8-14(19)9-7-13/h6-9H,2-5,10-12H2,1H3,(H,20,23). The minimum Gasteiger partial charge on any atom is -0.423 e. The molecule has 2 aromatic rings. The number of aromatic nitrogens is 2. The smallest absolute Gasteiger partial charge is 0.235 e. The second kappa shape index (κ2) is 7.34. The molecule has 1 N–H and O–H groups in total. The van der Waals surface area contributed by atoms with Crippen LogP contribution in [0.15, 0.2) is 28.7 Å². The largest absolute Gasteiger partial charge is 0.423 e. The fourth-order valence-corrected chi connectivity index (χ4v) is 3.52. The third kappa shape index (κ3) is 3.46. The van der Waals surface area contributed by atoms with Gasteiger partial charge in [-0.1, -0.05) is 49.9 Å². The predicted molar refractivity (Wildman–Crippen MR) is 91.7 cm³/mol. The van der Waals surface area contributed by atoms with Crippen LogP contribution in [-0.4, -0.2) is 16.1 Å². The van der Waals surface area contributed by atoms with E-state index in [-0.39, 0.29) is 12.5 Å². The number of carbonyl (C=O) groups is 1. The summed E-state index contributed by atoms with van der Waals surface area (Å²) in [5, 5.41) is 11.6. The number of nitrogens with zero attached hydrogens (tertiary/aromatic N) is 2. The summed E-state index contributed by atoms with van der Waals surface area (Å²) in [6.07, 6.45) is 5.67. The quantitative estimate of drug-likeness (QED) is 0.893. The Balaban J connectivity index is 1.77. The molecule has 0 unspecified atom stereocenters. The average molecular weight is 348 g/mol. The molecule has 5 nitrogen and oxygen atoms in total. The highest BCUT2D eigenvalue weighted by Gasteiger charge is 2.41. The summed E-state index contributed by atoms with van der Waals surface area (Å²) in [7, 11) is 0. The first kappa shape index (κ1) is 17.0. The number of amides is 1. The Kier molecular flexibility index (Phi) is 5.19. The van der Waals surface area contributed by atoms with E-state index in [0.29, 0.717) is 23.2 Å².